The number of ether oxygens (including phenoxy) is 1. The number of carbonyl (C=O) groups excluding carboxylic acids is 1. The first-order valence-electron chi connectivity index (χ1n) is 8.16. The van der Waals surface area contributed by atoms with E-state index in [-0.39, 0.29) is 11.9 Å². The minimum atomic E-state index is -0.245. The van der Waals surface area contributed by atoms with Gasteiger partial charge in [0.05, 0.1) is 29.9 Å². The predicted octanol–water partition coefficient (Wildman–Crippen LogP) is 1.68. The van der Waals surface area contributed by atoms with Crippen LogP contribution in [0.25, 0.3) is 11.0 Å². The van der Waals surface area contributed by atoms with Gasteiger partial charge in [-0.25, -0.2) is 14.7 Å². The molecule has 0 aliphatic carbocycles. The Balaban J connectivity index is 2.05. The summed E-state index contributed by atoms with van der Waals surface area (Å²) in [5.41, 5.74) is 2.01. The molecular formula is C16H23N5O3. The number of fused-ring (bicyclic) bond motifs is 1. The van der Waals surface area contributed by atoms with Crippen LogP contribution in [-0.4, -0.2) is 59.1 Å². The maximum absolute atomic E-state index is 12.6. The van der Waals surface area contributed by atoms with Gasteiger partial charge in [-0.3, -0.25) is 9.63 Å². The molecule has 0 bridgehead atoms. The fraction of sp³-hybridized carbons (Fsp3) is 0.562. The maximum Gasteiger partial charge on any atom is 0.280 e. The van der Waals surface area contributed by atoms with Crippen LogP contribution in [-0.2, 0) is 16.1 Å². The molecule has 24 heavy (non-hydrogen) atoms. The normalized spacial score (nSPS) is 15.6. The molecule has 2 aromatic heterocycles. The summed E-state index contributed by atoms with van der Waals surface area (Å²) in [5, 5.41) is 9.92. The number of carbonyl (C=O) groups is 1. The molecule has 1 fully saturated rings. The predicted molar refractivity (Wildman–Crippen MR) is 89.8 cm³/mol. The summed E-state index contributed by atoms with van der Waals surface area (Å²) in [5.74, 6) is -0.245. The van der Waals surface area contributed by atoms with Crippen LogP contribution in [0, 0.1) is 0 Å². The molecule has 3 heterocycles. The lowest BCUT2D eigenvalue weighted by Crippen LogP contribution is -2.31. The van der Waals surface area contributed by atoms with Gasteiger partial charge in [0.2, 0.25) is 0 Å². The van der Waals surface area contributed by atoms with Crippen LogP contribution in [0.1, 0.15) is 30.1 Å². The van der Waals surface area contributed by atoms with Gasteiger partial charge in [-0.15, -0.1) is 0 Å². The third-order valence-electron chi connectivity index (χ3n) is 4.33. The zero-order valence-electron chi connectivity index (χ0n) is 14.3. The van der Waals surface area contributed by atoms with E-state index in [1.165, 1.54) is 12.2 Å². The molecule has 1 aliphatic heterocycles. The van der Waals surface area contributed by atoms with Gasteiger partial charge in [0.15, 0.2) is 5.65 Å². The minimum Gasteiger partial charge on any atom is -0.381 e. The first kappa shape index (κ1) is 16.7. The summed E-state index contributed by atoms with van der Waals surface area (Å²) in [4.78, 5) is 22.1. The molecule has 130 valence electrons. The molecule has 0 atom stereocenters. The van der Waals surface area contributed by atoms with E-state index in [0.29, 0.717) is 5.56 Å². The fourth-order valence-corrected chi connectivity index (χ4v) is 2.87. The molecule has 0 radical (unpaired) electrons. The van der Waals surface area contributed by atoms with Crippen molar-refractivity contribution in [1.82, 2.24) is 19.8 Å². The first-order chi connectivity index (χ1) is 11.7. The largest absolute Gasteiger partial charge is 0.381 e. The van der Waals surface area contributed by atoms with Crippen LogP contribution in [0.2, 0.25) is 0 Å². The van der Waals surface area contributed by atoms with Crippen molar-refractivity contribution in [3.63, 3.8) is 0 Å². The summed E-state index contributed by atoms with van der Waals surface area (Å²) in [6.07, 6.45) is 5.16. The summed E-state index contributed by atoms with van der Waals surface area (Å²) in [7, 11) is 3.05. The average molecular weight is 333 g/mol. The van der Waals surface area contributed by atoms with Gasteiger partial charge in [0.1, 0.15) is 0 Å². The van der Waals surface area contributed by atoms with E-state index in [1.54, 1.807) is 19.4 Å². The number of hydrogen-bond donors (Lipinski definition) is 1. The Kier molecular flexibility index (Phi) is 4.96. The highest BCUT2D eigenvalue weighted by Gasteiger charge is 2.23. The number of rotatable bonds is 5. The number of nitrogens with one attached hydrogen (secondary N) is 1. The van der Waals surface area contributed by atoms with E-state index < -0.39 is 0 Å². The molecule has 0 spiro atoms. The number of hydrogen-bond acceptors (Lipinski definition) is 6. The summed E-state index contributed by atoms with van der Waals surface area (Å²) in [6, 6.07) is 0.258. The molecule has 3 rings (SSSR count). The molecule has 2 aromatic rings. The monoisotopic (exact) mass is 333 g/mol. The van der Waals surface area contributed by atoms with Crippen molar-refractivity contribution in [1.29, 1.82) is 0 Å². The van der Waals surface area contributed by atoms with Gasteiger partial charge in [-0.2, -0.15) is 5.10 Å². The summed E-state index contributed by atoms with van der Waals surface area (Å²) in [6.45, 7) is 4.18. The Morgan fingerprint density at radius 2 is 2.21 bits per heavy atom. The second-order valence-corrected chi connectivity index (χ2v) is 5.76. The molecule has 1 amide bonds. The standard InChI is InChI=1S/C16H23N5O3/c1-4-21-15-12(10-18-21)14(19-11-5-7-24-8-6-11)13(9-17-15)16(22)20(2)23-3/h9-11H,4-8H2,1-3H3,(H,17,19). The molecule has 1 N–H and O–H groups in total. The molecule has 0 unspecified atom stereocenters. The second kappa shape index (κ2) is 7.14. The first-order valence-corrected chi connectivity index (χ1v) is 8.16. The number of hydroxylamine groups is 2. The van der Waals surface area contributed by atoms with Gasteiger partial charge in [0, 0.05) is 39.0 Å². The van der Waals surface area contributed by atoms with Gasteiger partial charge >= 0.3 is 0 Å². The number of amides is 1. The van der Waals surface area contributed by atoms with E-state index in [1.807, 2.05) is 11.6 Å². The molecule has 8 heteroatoms. The van der Waals surface area contributed by atoms with Crippen LogP contribution in [0.4, 0.5) is 5.69 Å². The Bertz CT molecular complexity index is 724. The Hall–Kier alpha value is -2.19. The van der Waals surface area contributed by atoms with Gasteiger partial charge in [0.25, 0.3) is 5.91 Å². The van der Waals surface area contributed by atoms with Crippen molar-refractivity contribution in [3.05, 3.63) is 18.0 Å². The smallest absolute Gasteiger partial charge is 0.280 e. The zero-order valence-corrected chi connectivity index (χ0v) is 14.3. The van der Waals surface area contributed by atoms with Crippen molar-refractivity contribution in [2.45, 2.75) is 32.4 Å². The lowest BCUT2D eigenvalue weighted by molar-refractivity contribution is -0.0756. The zero-order chi connectivity index (χ0) is 17.1. The molecule has 0 saturated carbocycles. The highest BCUT2D eigenvalue weighted by Crippen LogP contribution is 2.29. The van der Waals surface area contributed by atoms with Crippen LogP contribution < -0.4 is 5.32 Å². The minimum absolute atomic E-state index is 0.245. The number of aromatic nitrogens is 3. The fourth-order valence-electron chi connectivity index (χ4n) is 2.87. The number of pyridine rings is 1. The van der Waals surface area contributed by atoms with Crippen LogP contribution in [0.3, 0.4) is 0 Å². The summed E-state index contributed by atoms with van der Waals surface area (Å²) >= 11 is 0. The second-order valence-electron chi connectivity index (χ2n) is 5.76. The maximum atomic E-state index is 12.6. The third kappa shape index (κ3) is 3.07. The Morgan fingerprint density at radius 1 is 1.46 bits per heavy atom. The average Bonchev–Trinajstić information content (AvgIpc) is 3.05. The van der Waals surface area contributed by atoms with Gasteiger partial charge in [-0.05, 0) is 19.8 Å². The molecule has 1 aliphatic rings. The molecule has 1 saturated heterocycles. The Morgan fingerprint density at radius 3 is 2.88 bits per heavy atom. The lowest BCUT2D eigenvalue weighted by Gasteiger charge is -2.26. The van der Waals surface area contributed by atoms with E-state index >= 15 is 0 Å². The molecule has 0 aromatic carbocycles. The highest BCUT2D eigenvalue weighted by molar-refractivity contribution is 6.06. The van der Waals surface area contributed by atoms with Crippen molar-refractivity contribution >= 4 is 22.6 Å². The highest BCUT2D eigenvalue weighted by atomic mass is 16.7. The summed E-state index contributed by atoms with van der Waals surface area (Å²) < 4.78 is 7.23. The van der Waals surface area contributed by atoms with Crippen molar-refractivity contribution in [2.24, 2.45) is 0 Å². The van der Waals surface area contributed by atoms with Crippen molar-refractivity contribution in [3.8, 4) is 0 Å². The van der Waals surface area contributed by atoms with Crippen molar-refractivity contribution < 1.29 is 14.4 Å². The molecular weight excluding hydrogens is 310 g/mol. The Labute approximate surface area is 140 Å². The van der Waals surface area contributed by atoms with Crippen LogP contribution in [0.15, 0.2) is 12.4 Å². The SMILES string of the molecule is CCn1ncc2c(NC3CCOCC3)c(C(=O)N(C)OC)cnc21. The lowest BCUT2D eigenvalue weighted by atomic mass is 10.1. The van der Waals surface area contributed by atoms with Gasteiger partial charge < -0.3 is 10.1 Å². The van der Waals surface area contributed by atoms with E-state index in [0.717, 1.165) is 49.3 Å². The number of nitrogens with zero attached hydrogens (tertiary/aromatic N) is 4. The third-order valence-corrected chi connectivity index (χ3v) is 4.33. The van der Waals surface area contributed by atoms with Crippen LogP contribution in [0.5, 0.6) is 0 Å². The van der Waals surface area contributed by atoms with Crippen molar-refractivity contribution in [2.75, 3.05) is 32.7 Å². The molecule has 8 nitrogen and oxygen atoms in total. The number of anilines is 1. The van der Waals surface area contributed by atoms with Crippen LogP contribution >= 0.6 is 0 Å². The van der Waals surface area contributed by atoms with Gasteiger partial charge in [-0.1, -0.05) is 0 Å². The quantitative estimate of drug-likeness (QED) is 0.839. The van der Waals surface area contributed by atoms with E-state index in [4.69, 9.17) is 9.57 Å². The topological polar surface area (TPSA) is 81.5 Å². The van der Waals surface area contributed by atoms with E-state index in [2.05, 4.69) is 15.4 Å². The number of aryl methyl sites for hydroxylation is 1. The van der Waals surface area contributed by atoms with E-state index in [9.17, 15) is 4.79 Å².